The Morgan fingerprint density at radius 2 is 2.06 bits per heavy atom. The largest absolute Gasteiger partial charge is 0.487 e. The molecule has 88 valence electrons. The number of carbonyl (C=O) groups is 1. The Hall–Kier alpha value is -1.52. The van der Waals surface area contributed by atoms with Gasteiger partial charge < -0.3 is 4.74 Å². The minimum Gasteiger partial charge on any atom is -0.487 e. The van der Waals surface area contributed by atoms with Crippen molar-refractivity contribution in [2.24, 2.45) is 0 Å². The van der Waals surface area contributed by atoms with E-state index >= 15 is 0 Å². The van der Waals surface area contributed by atoms with Gasteiger partial charge in [0.05, 0.1) is 5.56 Å². The fraction of sp³-hybridized carbons (Fsp3) is 0.364. The summed E-state index contributed by atoms with van der Waals surface area (Å²) in [7, 11) is 0. The summed E-state index contributed by atoms with van der Waals surface area (Å²) in [6, 6.07) is 3.41. The van der Waals surface area contributed by atoms with Gasteiger partial charge in [0.25, 0.3) is 5.92 Å². The number of ketones is 1. The molecule has 2 nitrogen and oxygen atoms in total. The third-order valence-corrected chi connectivity index (χ3v) is 1.81. The highest BCUT2D eigenvalue weighted by Gasteiger charge is 2.22. The van der Waals surface area contributed by atoms with Crippen LogP contribution in [0.1, 0.15) is 24.2 Å². The Morgan fingerprint density at radius 1 is 1.44 bits per heavy atom. The fourth-order valence-corrected chi connectivity index (χ4v) is 1.08. The van der Waals surface area contributed by atoms with Gasteiger partial charge in [0, 0.05) is 13.0 Å². The van der Waals surface area contributed by atoms with E-state index in [2.05, 4.69) is 4.74 Å². The van der Waals surface area contributed by atoms with Gasteiger partial charge in [-0.2, -0.15) is 0 Å². The molecule has 0 aromatic heterocycles. The third-order valence-electron chi connectivity index (χ3n) is 1.81. The molecular formula is C11H11F3O2. The number of hydrogen-bond donors (Lipinski definition) is 0. The Morgan fingerprint density at radius 3 is 2.50 bits per heavy atom. The van der Waals surface area contributed by atoms with E-state index in [1.165, 1.54) is 19.1 Å². The highest BCUT2D eigenvalue weighted by Crippen LogP contribution is 2.19. The van der Waals surface area contributed by atoms with E-state index in [0.717, 1.165) is 6.07 Å². The molecule has 0 fully saturated rings. The minimum atomic E-state index is -2.98. The van der Waals surface area contributed by atoms with Gasteiger partial charge in [-0.05, 0) is 19.1 Å². The van der Waals surface area contributed by atoms with Crippen molar-refractivity contribution in [1.82, 2.24) is 0 Å². The van der Waals surface area contributed by atoms with Crippen LogP contribution in [-0.4, -0.2) is 18.3 Å². The molecule has 16 heavy (non-hydrogen) atoms. The van der Waals surface area contributed by atoms with Crippen molar-refractivity contribution in [3.05, 3.63) is 29.6 Å². The zero-order valence-electron chi connectivity index (χ0n) is 8.89. The van der Waals surface area contributed by atoms with Crippen molar-refractivity contribution in [2.45, 2.75) is 19.8 Å². The number of rotatable bonds is 4. The second-order valence-corrected chi connectivity index (χ2v) is 3.56. The molecule has 1 aromatic rings. The Kier molecular flexibility index (Phi) is 3.57. The van der Waals surface area contributed by atoms with Gasteiger partial charge in [-0.1, -0.05) is 0 Å². The van der Waals surface area contributed by atoms with Gasteiger partial charge in [-0.15, -0.1) is 0 Å². The van der Waals surface area contributed by atoms with Gasteiger partial charge in [-0.25, -0.2) is 13.2 Å². The lowest BCUT2D eigenvalue weighted by atomic mass is 10.1. The number of halogens is 3. The average molecular weight is 232 g/mol. The molecule has 1 rings (SSSR count). The molecule has 0 aliphatic heterocycles. The molecule has 0 saturated heterocycles. The molecule has 0 aliphatic carbocycles. The third kappa shape index (κ3) is 3.56. The molecule has 0 radical (unpaired) electrons. The molecule has 0 bridgehead atoms. The molecule has 5 heteroatoms. The van der Waals surface area contributed by atoms with Crippen LogP contribution in [-0.2, 0) is 0 Å². The summed E-state index contributed by atoms with van der Waals surface area (Å²) in [6.45, 7) is 1.10. The average Bonchev–Trinajstić information content (AvgIpc) is 2.13. The molecule has 0 unspecified atom stereocenters. The van der Waals surface area contributed by atoms with Crippen LogP contribution >= 0.6 is 0 Å². The normalized spacial score (nSPS) is 11.3. The number of alkyl halides is 2. The molecule has 0 N–H and O–H groups in total. The van der Waals surface area contributed by atoms with Crippen molar-refractivity contribution in [1.29, 1.82) is 0 Å². The van der Waals surface area contributed by atoms with Crippen LogP contribution in [0.25, 0.3) is 0 Å². The first-order chi connectivity index (χ1) is 7.29. The molecule has 0 saturated carbocycles. The topological polar surface area (TPSA) is 26.3 Å². The summed E-state index contributed by atoms with van der Waals surface area (Å²) >= 11 is 0. The maximum absolute atomic E-state index is 13.2. The molecule has 0 aliphatic rings. The van der Waals surface area contributed by atoms with Crippen LogP contribution in [0, 0.1) is 5.82 Å². The van der Waals surface area contributed by atoms with Gasteiger partial charge in [0.1, 0.15) is 11.6 Å². The molecule has 1 aromatic carbocycles. The van der Waals surface area contributed by atoms with E-state index in [1.54, 1.807) is 0 Å². The smallest absolute Gasteiger partial charge is 0.278 e. The first-order valence-electron chi connectivity index (χ1n) is 4.61. The first-order valence-corrected chi connectivity index (χ1v) is 4.61. The number of benzene rings is 1. The summed E-state index contributed by atoms with van der Waals surface area (Å²) in [5.41, 5.74) is -0.0874. The molecule has 0 heterocycles. The summed E-state index contributed by atoms with van der Waals surface area (Å²) in [6.07, 6.45) is 0. The number of carbonyl (C=O) groups excluding carboxylic acids is 1. The molecule has 0 spiro atoms. The first kappa shape index (κ1) is 12.5. The zero-order valence-corrected chi connectivity index (χ0v) is 8.89. The molecular weight excluding hydrogens is 221 g/mol. The minimum absolute atomic E-state index is 0.0241. The van der Waals surface area contributed by atoms with Crippen molar-refractivity contribution in [2.75, 3.05) is 6.61 Å². The Balaban J connectivity index is 2.78. The molecule has 0 amide bonds. The predicted molar refractivity (Wildman–Crippen MR) is 52.5 cm³/mol. The van der Waals surface area contributed by atoms with Crippen molar-refractivity contribution in [3.63, 3.8) is 0 Å². The monoisotopic (exact) mass is 232 g/mol. The lowest BCUT2D eigenvalue weighted by molar-refractivity contribution is -0.0230. The molecule has 0 atom stereocenters. The SMILES string of the molecule is CC(=O)c1ccc(OCC(C)(F)F)cc1F. The summed E-state index contributed by atoms with van der Waals surface area (Å²) in [5.74, 6) is -4.20. The van der Waals surface area contributed by atoms with Gasteiger partial charge in [0.15, 0.2) is 12.4 Å². The van der Waals surface area contributed by atoms with Gasteiger partial charge in [0.2, 0.25) is 0 Å². The number of ether oxygens (including phenoxy) is 1. The number of Topliss-reactive ketones (excluding diaryl/α,β-unsaturated/α-hetero) is 1. The van der Waals surface area contributed by atoms with Crippen LogP contribution in [0.3, 0.4) is 0 Å². The van der Waals surface area contributed by atoms with E-state index in [-0.39, 0.29) is 11.3 Å². The predicted octanol–water partition coefficient (Wildman–Crippen LogP) is 3.06. The summed E-state index contributed by atoms with van der Waals surface area (Å²) in [4.78, 5) is 10.9. The Labute approximate surface area is 91.0 Å². The van der Waals surface area contributed by atoms with Crippen LogP contribution < -0.4 is 4.74 Å². The zero-order chi connectivity index (χ0) is 12.3. The van der Waals surface area contributed by atoms with Gasteiger partial charge >= 0.3 is 0 Å². The summed E-state index contributed by atoms with van der Waals surface area (Å²) < 4.78 is 42.8. The highest BCUT2D eigenvalue weighted by atomic mass is 19.3. The maximum Gasteiger partial charge on any atom is 0.278 e. The van der Waals surface area contributed by atoms with E-state index in [1.807, 2.05) is 0 Å². The van der Waals surface area contributed by atoms with Crippen LogP contribution in [0.4, 0.5) is 13.2 Å². The van der Waals surface area contributed by atoms with Crippen molar-refractivity contribution >= 4 is 5.78 Å². The fourth-order valence-electron chi connectivity index (χ4n) is 1.08. The maximum atomic E-state index is 13.2. The second-order valence-electron chi connectivity index (χ2n) is 3.56. The van der Waals surface area contributed by atoms with Crippen molar-refractivity contribution in [3.8, 4) is 5.75 Å². The van der Waals surface area contributed by atoms with E-state index in [4.69, 9.17) is 0 Å². The highest BCUT2D eigenvalue weighted by molar-refractivity contribution is 5.94. The lowest BCUT2D eigenvalue weighted by Gasteiger charge is -2.12. The van der Waals surface area contributed by atoms with Crippen molar-refractivity contribution < 1.29 is 22.7 Å². The standard InChI is InChI=1S/C11H11F3O2/c1-7(15)9-4-3-8(5-10(9)12)16-6-11(2,13)14/h3-5H,6H2,1-2H3. The van der Waals surface area contributed by atoms with Gasteiger partial charge in [-0.3, -0.25) is 4.79 Å². The second kappa shape index (κ2) is 4.55. The summed E-state index contributed by atoms with van der Waals surface area (Å²) in [5, 5.41) is 0. The quantitative estimate of drug-likeness (QED) is 0.746. The Bertz CT molecular complexity index is 397. The van der Waals surface area contributed by atoms with Crippen LogP contribution in [0.15, 0.2) is 18.2 Å². The van der Waals surface area contributed by atoms with E-state index < -0.39 is 24.1 Å². The van der Waals surface area contributed by atoms with E-state index in [9.17, 15) is 18.0 Å². The van der Waals surface area contributed by atoms with Crippen LogP contribution in [0.5, 0.6) is 5.75 Å². The number of hydrogen-bond acceptors (Lipinski definition) is 2. The van der Waals surface area contributed by atoms with E-state index in [0.29, 0.717) is 6.92 Å². The van der Waals surface area contributed by atoms with Crippen LogP contribution in [0.2, 0.25) is 0 Å². The lowest BCUT2D eigenvalue weighted by Crippen LogP contribution is -2.21.